The van der Waals surface area contributed by atoms with Crippen molar-refractivity contribution in [1.29, 1.82) is 0 Å². The van der Waals surface area contributed by atoms with Gasteiger partial charge in [-0.1, -0.05) is 56.2 Å². The summed E-state index contributed by atoms with van der Waals surface area (Å²) >= 11 is 0. The smallest absolute Gasteiger partial charge is 0.341 e. The molecule has 0 amide bonds. The van der Waals surface area contributed by atoms with Crippen molar-refractivity contribution >= 4 is 5.97 Å². The molecule has 1 fully saturated rings. The Hall–Kier alpha value is -3.35. The predicted octanol–water partition coefficient (Wildman–Crippen LogP) is 8.92. The molecule has 0 aromatic heterocycles. The zero-order chi connectivity index (χ0) is 27.9. The van der Waals surface area contributed by atoms with Crippen LogP contribution in [0.2, 0.25) is 0 Å². The molecule has 1 aliphatic rings. The van der Waals surface area contributed by atoms with Crippen molar-refractivity contribution in [2.45, 2.75) is 77.2 Å². The van der Waals surface area contributed by atoms with Crippen molar-refractivity contribution in [2.24, 2.45) is 0 Å². The average molecular weight is 543 g/mol. The molecular weight excluding hydrogens is 508 g/mol. The first-order valence-corrected chi connectivity index (χ1v) is 13.7. The highest BCUT2D eigenvalue weighted by molar-refractivity contribution is 5.90. The normalized spacial score (nSPS) is 17.2. The van der Waals surface area contributed by atoms with Crippen LogP contribution in [0.4, 0.5) is 17.6 Å². The second-order valence-corrected chi connectivity index (χ2v) is 10.0. The van der Waals surface area contributed by atoms with Crippen LogP contribution in [0, 0.1) is 23.3 Å². The molecule has 208 valence electrons. The number of carbonyl (C=O) groups excluding carboxylic acids is 1. The number of esters is 1. The van der Waals surface area contributed by atoms with E-state index in [1.54, 1.807) is 19.1 Å². The predicted molar refractivity (Wildman–Crippen MR) is 143 cm³/mol. The molecule has 3 aromatic rings. The van der Waals surface area contributed by atoms with Crippen LogP contribution in [-0.4, -0.2) is 18.7 Å². The van der Waals surface area contributed by atoms with Crippen molar-refractivity contribution in [1.82, 2.24) is 0 Å². The van der Waals surface area contributed by atoms with E-state index in [0.29, 0.717) is 36.8 Å². The highest BCUT2D eigenvalue weighted by Gasteiger charge is 2.30. The molecule has 4 rings (SSSR count). The van der Waals surface area contributed by atoms with Gasteiger partial charge in [0, 0.05) is 5.56 Å². The maximum Gasteiger partial charge on any atom is 0.341 e. The minimum atomic E-state index is -1.32. The Morgan fingerprint density at radius 3 is 2.18 bits per heavy atom. The largest absolute Gasteiger partial charge is 0.491 e. The van der Waals surface area contributed by atoms with Crippen LogP contribution in [0.1, 0.15) is 86.2 Å². The van der Waals surface area contributed by atoms with Crippen LogP contribution in [0.5, 0.6) is 5.75 Å². The summed E-state index contributed by atoms with van der Waals surface area (Å²) in [6.07, 6.45) is 5.60. The second-order valence-electron chi connectivity index (χ2n) is 10.0. The number of hydrogen-bond acceptors (Lipinski definition) is 3. The van der Waals surface area contributed by atoms with Crippen molar-refractivity contribution in [3.63, 3.8) is 0 Å². The highest BCUT2D eigenvalue weighted by atomic mass is 19.2. The Kier molecular flexibility index (Phi) is 9.65. The molecule has 0 radical (unpaired) electrons. The van der Waals surface area contributed by atoms with Gasteiger partial charge in [0.15, 0.2) is 23.2 Å². The molecule has 39 heavy (non-hydrogen) atoms. The van der Waals surface area contributed by atoms with Gasteiger partial charge in [-0.15, -0.1) is 0 Å². The topological polar surface area (TPSA) is 35.5 Å². The maximum atomic E-state index is 15.2. The molecular formula is C32H34F4O3. The first kappa shape index (κ1) is 28.7. The van der Waals surface area contributed by atoms with Gasteiger partial charge < -0.3 is 9.47 Å². The first-order chi connectivity index (χ1) is 18.8. The second kappa shape index (κ2) is 13.1. The number of aryl methyl sites for hydroxylation is 1. The molecule has 0 saturated heterocycles. The van der Waals surface area contributed by atoms with Gasteiger partial charge >= 0.3 is 5.97 Å². The third-order valence-electron chi connectivity index (χ3n) is 7.40. The maximum absolute atomic E-state index is 15.2. The lowest BCUT2D eigenvalue weighted by Crippen LogP contribution is -2.25. The third-order valence-corrected chi connectivity index (χ3v) is 7.40. The van der Waals surface area contributed by atoms with Crippen molar-refractivity contribution in [3.8, 4) is 16.9 Å². The van der Waals surface area contributed by atoms with E-state index in [4.69, 9.17) is 9.47 Å². The minimum Gasteiger partial charge on any atom is -0.491 e. The number of carbonyl (C=O) groups is 1. The highest BCUT2D eigenvalue weighted by Crippen LogP contribution is 2.38. The molecule has 3 nitrogen and oxygen atoms in total. The van der Waals surface area contributed by atoms with Crippen LogP contribution in [0.15, 0.2) is 48.5 Å². The number of halogens is 4. The fourth-order valence-corrected chi connectivity index (χ4v) is 5.20. The Balaban J connectivity index is 1.37. The molecule has 0 aliphatic heterocycles. The number of unbranched alkanes of at least 4 members (excludes halogenated alkanes) is 2. The quantitative estimate of drug-likeness (QED) is 0.146. The van der Waals surface area contributed by atoms with E-state index in [1.165, 1.54) is 11.6 Å². The number of benzene rings is 3. The Morgan fingerprint density at radius 1 is 0.795 bits per heavy atom. The van der Waals surface area contributed by atoms with Crippen LogP contribution < -0.4 is 4.74 Å². The fraction of sp³-hybridized carbons (Fsp3) is 0.406. The van der Waals surface area contributed by atoms with Crippen molar-refractivity contribution < 1.29 is 31.8 Å². The number of rotatable bonds is 10. The number of ether oxygens (including phenoxy) is 2. The summed E-state index contributed by atoms with van der Waals surface area (Å²) in [6, 6.07) is 13.2. The summed E-state index contributed by atoms with van der Waals surface area (Å²) in [5.41, 5.74) is 1.83. The third kappa shape index (κ3) is 6.63. The van der Waals surface area contributed by atoms with Crippen LogP contribution in [-0.2, 0) is 11.2 Å². The van der Waals surface area contributed by atoms with Crippen LogP contribution in [0.3, 0.4) is 0 Å². The van der Waals surface area contributed by atoms with E-state index in [0.717, 1.165) is 31.7 Å². The van der Waals surface area contributed by atoms with E-state index < -0.39 is 40.9 Å². The van der Waals surface area contributed by atoms with E-state index >= 15 is 8.78 Å². The van der Waals surface area contributed by atoms with E-state index in [9.17, 15) is 13.6 Å². The lowest BCUT2D eigenvalue weighted by molar-refractivity contribution is 0.0188. The molecule has 1 saturated carbocycles. The minimum absolute atomic E-state index is 0.156. The number of hydrogen-bond donors (Lipinski definition) is 0. The molecule has 0 heterocycles. The molecule has 0 N–H and O–H groups in total. The monoisotopic (exact) mass is 542 g/mol. The Labute approximate surface area is 227 Å². The zero-order valence-corrected chi connectivity index (χ0v) is 22.4. The summed E-state index contributed by atoms with van der Waals surface area (Å²) in [5, 5.41) is 0. The SMILES string of the molecule is CCCCCc1ccc(-c2ccc(C3CCC(OC(=O)c4ccc(OCC)c(F)c4F)CC3)c(F)c2F)cc1. The van der Waals surface area contributed by atoms with Gasteiger partial charge in [0.05, 0.1) is 12.2 Å². The molecule has 7 heteroatoms. The lowest BCUT2D eigenvalue weighted by atomic mass is 9.82. The van der Waals surface area contributed by atoms with Gasteiger partial charge in [-0.05, 0) is 80.2 Å². The summed E-state index contributed by atoms with van der Waals surface area (Å²) in [6.45, 7) is 3.95. The van der Waals surface area contributed by atoms with E-state index in [1.807, 2.05) is 24.3 Å². The van der Waals surface area contributed by atoms with Gasteiger partial charge in [-0.3, -0.25) is 0 Å². The van der Waals surface area contributed by atoms with E-state index in [2.05, 4.69) is 6.92 Å². The lowest BCUT2D eigenvalue weighted by Gasteiger charge is -2.29. The zero-order valence-electron chi connectivity index (χ0n) is 22.4. The molecule has 3 aromatic carbocycles. The van der Waals surface area contributed by atoms with Crippen molar-refractivity contribution in [2.75, 3.05) is 6.61 Å². The molecule has 0 unspecified atom stereocenters. The van der Waals surface area contributed by atoms with Crippen LogP contribution >= 0.6 is 0 Å². The van der Waals surface area contributed by atoms with Gasteiger partial charge in [-0.25, -0.2) is 18.0 Å². The van der Waals surface area contributed by atoms with Gasteiger partial charge in [0.2, 0.25) is 5.82 Å². The van der Waals surface area contributed by atoms with Crippen LogP contribution in [0.25, 0.3) is 11.1 Å². The van der Waals surface area contributed by atoms with E-state index in [-0.39, 0.29) is 23.8 Å². The summed E-state index contributed by atoms with van der Waals surface area (Å²) in [7, 11) is 0. The van der Waals surface area contributed by atoms with Gasteiger partial charge in [-0.2, -0.15) is 4.39 Å². The fourth-order valence-electron chi connectivity index (χ4n) is 5.20. The molecule has 0 spiro atoms. The molecule has 1 aliphatic carbocycles. The molecule has 0 atom stereocenters. The Morgan fingerprint density at radius 2 is 1.51 bits per heavy atom. The standard InChI is InChI=1S/C32H34F4O3/c1-3-5-6-7-20-8-10-21(11-9-20)24-16-17-25(29(34)28(24)33)22-12-14-23(15-13-22)39-32(37)26-18-19-27(38-4-2)31(36)30(26)35/h8-11,16-19,22-23H,3-7,12-15H2,1-2H3. The summed E-state index contributed by atoms with van der Waals surface area (Å²) < 4.78 is 69.2. The average Bonchev–Trinajstić information content (AvgIpc) is 2.94. The first-order valence-electron chi connectivity index (χ1n) is 13.7. The molecule has 0 bridgehead atoms. The summed E-state index contributed by atoms with van der Waals surface area (Å²) in [5.74, 6) is -5.74. The van der Waals surface area contributed by atoms with Gasteiger partial charge in [0.25, 0.3) is 0 Å². The Bertz CT molecular complexity index is 1280. The summed E-state index contributed by atoms with van der Waals surface area (Å²) in [4.78, 5) is 12.5. The van der Waals surface area contributed by atoms with Gasteiger partial charge in [0.1, 0.15) is 6.10 Å². The van der Waals surface area contributed by atoms with Crippen molar-refractivity contribution in [3.05, 3.63) is 88.5 Å².